The van der Waals surface area contributed by atoms with E-state index in [1.807, 2.05) is 42.5 Å². The number of carboxylic acid groups (broad SMARTS) is 1. The summed E-state index contributed by atoms with van der Waals surface area (Å²) < 4.78 is 0. The monoisotopic (exact) mass is 239 g/mol. The fourth-order valence-electron chi connectivity index (χ4n) is 1.63. The highest BCUT2D eigenvalue weighted by atomic mass is 16.4. The van der Waals surface area contributed by atoms with Crippen LogP contribution in [0.5, 0.6) is 0 Å². The second-order valence-electron chi connectivity index (χ2n) is 3.93. The summed E-state index contributed by atoms with van der Waals surface area (Å²) in [7, 11) is 0. The van der Waals surface area contributed by atoms with E-state index in [4.69, 9.17) is 10.8 Å². The number of carboxylic acids is 1. The minimum absolute atomic E-state index is 0.282. The average molecular weight is 239 g/mol. The number of nitrogens with two attached hydrogens (primary N) is 1. The summed E-state index contributed by atoms with van der Waals surface area (Å²) in [6, 6.07) is 14.3. The van der Waals surface area contributed by atoms with Crippen molar-refractivity contribution in [2.24, 2.45) is 0 Å². The largest absolute Gasteiger partial charge is 0.478 e. The van der Waals surface area contributed by atoms with Crippen molar-refractivity contribution in [3.8, 4) is 0 Å². The molecule has 0 aromatic heterocycles. The number of anilines is 1. The summed E-state index contributed by atoms with van der Waals surface area (Å²) >= 11 is 0. The van der Waals surface area contributed by atoms with Gasteiger partial charge >= 0.3 is 5.97 Å². The predicted molar refractivity (Wildman–Crippen MR) is 73.2 cm³/mol. The molecule has 0 spiro atoms. The van der Waals surface area contributed by atoms with Crippen molar-refractivity contribution in [3.05, 3.63) is 65.2 Å². The lowest BCUT2D eigenvalue weighted by Crippen LogP contribution is -1.95. The van der Waals surface area contributed by atoms with Gasteiger partial charge in [-0.05, 0) is 35.4 Å². The SMILES string of the molecule is Nc1cccc(/C=C/c2cccc(C(=O)O)c2)c1. The molecule has 0 unspecified atom stereocenters. The van der Waals surface area contributed by atoms with E-state index in [0.717, 1.165) is 11.1 Å². The molecule has 0 aliphatic rings. The summed E-state index contributed by atoms with van der Waals surface area (Å²) in [6.07, 6.45) is 3.76. The highest BCUT2D eigenvalue weighted by Gasteiger charge is 2.01. The molecule has 0 bridgehead atoms. The zero-order valence-electron chi connectivity index (χ0n) is 9.71. The van der Waals surface area contributed by atoms with Crippen LogP contribution in [-0.2, 0) is 0 Å². The van der Waals surface area contributed by atoms with E-state index in [-0.39, 0.29) is 5.56 Å². The van der Waals surface area contributed by atoms with Crippen molar-refractivity contribution < 1.29 is 9.90 Å². The van der Waals surface area contributed by atoms with Crippen LogP contribution in [0.4, 0.5) is 5.69 Å². The van der Waals surface area contributed by atoms with Gasteiger partial charge in [0.15, 0.2) is 0 Å². The van der Waals surface area contributed by atoms with Crippen LogP contribution in [-0.4, -0.2) is 11.1 Å². The molecule has 18 heavy (non-hydrogen) atoms. The molecule has 2 aromatic rings. The van der Waals surface area contributed by atoms with Crippen LogP contribution in [0.3, 0.4) is 0 Å². The zero-order valence-corrected chi connectivity index (χ0v) is 9.71. The third kappa shape index (κ3) is 2.98. The van der Waals surface area contributed by atoms with E-state index in [9.17, 15) is 4.79 Å². The van der Waals surface area contributed by atoms with Crippen molar-refractivity contribution in [1.82, 2.24) is 0 Å². The molecule has 0 saturated heterocycles. The number of benzene rings is 2. The van der Waals surface area contributed by atoms with Crippen LogP contribution in [0.1, 0.15) is 21.5 Å². The standard InChI is InChI=1S/C15H13NO2/c16-14-6-2-4-12(10-14)8-7-11-3-1-5-13(9-11)15(17)18/h1-10H,16H2,(H,17,18)/b8-7+. The predicted octanol–water partition coefficient (Wildman–Crippen LogP) is 3.14. The molecule has 90 valence electrons. The van der Waals surface area contributed by atoms with E-state index >= 15 is 0 Å². The molecule has 0 heterocycles. The summed E-state index contributed by atoms with van der Waals surface area (Å²) in [5.41, 5.74) is 8.49. The summed E-state index contributed by atoms with van der Waals surface area (Å²) in [6.45, 7) is 0. The lowest BCUT2D eigenvalue weighted by molar-refractivity contribution is 0.0697. The highest BCUT2D eigenvalue weighted by molar-refractivity contribution is 5.88. The minimum Gasteiger partial charge on any atom is -0.478 e. The maximum Gasteiger partial charge on any atom is 0.335 e. The minimum atomic E-state index is -0.922. The van der Waals surface area contributed by atoms with Gasteiger partial charge in [0.2, 0.25) is 0 Å². The highest BCUT2D eigenvalue weighted by Crippen LogP contribution is 2.12. The number of rotatable bonds is 3. The number of aromatic carboxylic acids is 1. The first-order chi connectivity index (χ1) is 8.65. The Morgan fingerprint density at radius 3 is 2.22 bits per heavy atom. The topological polar surface area (TPSA) is 63.3 Å². The van der Waals surface area contributed by atoms with Crippen LogP contribution in [0.15, 0.2) is 48.5 Å². The van der Waals surface area contributed by atoms with Crippen LogP contribution in [0, 0.1) is 0 Å². The molecule has 3 N–H and O–H groups in total. The molecule has 0 saturated carbocycles. The molecular weight excluding hydrogens is 226 g/mol. The maximum absolute atomic E-state index is 10.8. The smallest absolute Gasteiger partial charge is 0.335 e. The van der Waals surface area contributed by atoms with E-state index in [2.05, 4.69) is 0 Å². The Balaban J connectivity index is 2.23. The molecule has 0 aliphatic heterocycles. The Kier molecular flexibility index (Phi) is 3.44. The molecule has 0 aliphatic carbocycles. The van der Waals surface area contributed by atoms with Crippen LogP contribution in [0.25, 0.3) is 12.2 Å². The van der Waals surface area contributed by atoms with Crippen molar-refractivity contribution >= 4 is 23.8 Å². The Labute approximate surface area is 105 Å². The fourth-order valence-corrected chi connectivity index (χ4v) is 1.63. The van der Waals surface area contributed by atoms with E-state index in [0.29, 0.717) is 5.69 Å². The molecule has 0 atom stereocenters. The second-order valence-corrected chi connectivity index (χ2v) is 3.93. The Morgan fingerprint density at radius 2 is 1.61 bits per heavy atom. The summed E-state index contributed by atoms with van der Waals surface area (Å²) in [4.78, 5) is 10.8. The van der Waals surface area contributed by atoms with Gasteiger partial charge in [-0.2, -0.15) is 0 Å². The van der Waals surface area contributed by atoms with Crippen molar-refractivity contribution in [2.75, 3.05) is 5.73 Å². The summed E-state index contributed by atoms with van der Waals surface area (Å²) in [5.74, 6) is -0.922. The van der Waals surface area contributed by atoms with E-state index < -0.39 is 5.97 Å². The number of nitrogen functional groups attached to an aromatic ring is 1. The van der Waals surface area contributed by atoms with Crippen LogP contribution < -0.4 is 5.73 Å². The Morgan fingerprint density at radius 1 is 1.00 bits per heavy atom. The number of carbonyl (C=O) groups is 1. The van der Waals surface area contributed by atoms with Crippen molar-refractivity contribution in [2.45, 2.75) is 0 Å². The van der Waals surface area contributed by atoms with Gasteiger partial charge in [-0.1, -0.05) is 36.4 Å². The lowest BCUT2D eigenvalue weighted by atomic mass is 10.1. The normalized spacial score (nSPS) is 10.7. The van der Waals surface area contributed by atoms with Gasteiger partial charge in [0, 0.05) is 5.69 Å². The van der Waals surface area contributed by atoms with E-state index in [1.54, 1.807) is 18.2 Å². The lowest BCUT2D eigenvalue weighted by Gasteiger charge is -1.98. The van der Waals surface area contributed by atoms with Gasteiger partial charge in [0.05, 0.1) is 5.56 Å². The van der Waals surface area contributed by atoms with Crippen LogP contribution in [0.2, 0.25) is 0 Å². The Hall–Kier alpha value is -2.55. The molecule has 3 heteroatoms. The molecule has 0 fully saturated rings. The third-order valence-corrected chi connectivity index (χ3v) is 2.51. The second kappa shape index (κ2) is 5.19. The third-order valence-electron chi connectivity index (χ3n) is 2.51. The molecule has 2 rings (SSSR count). The quantitative estimate of drug-likeness (QED) is 0.639. The van der Waals surface area contributed by atoms with Crippen LogP contribution >= 0.6 is 0 Å². The summed E-state index contributed by atoms with van der Waals surface area (Å²) in [5, 5.41) is 8.89. The van der Waals surface area contributed by atoms with Crippen molar-refractivity contribution in [1.29, 1.82) is 0 Å². The van der Waals surface area contributed by atoms with Gasteiger partial charge in [0.1, 0.15) is 0 Å². The van der Waals surface area contributed by atoms with Gasteiger partial charge in [-0.15, -0.1) is 0 Å². The Bertz CT molecular complexity index is 603. The van der Waals surface area contributed by atoms with Gasteiger partial charge < -0.3 is 10.8 Å². The first-order valence-corrected chi connectivity index (χ1v) is 5.52. The number of hydrogen-bond donors (Lipinski definition) is 2. The van der Waals surface area contributed by atoms with Gasteiger partial charge in [-0.3, -0.25) is 0 Å². The molecule has 0 radical (unpaired) electrons. The average Bonchev–Trinajstić information content (AvgIpc) is 2.37. The molecular formula is C15H13NO2. The molecule has 2 aromatic carbocycles. The van der Waals surface area contributed by atoms with E-state index in [1.165, 1.54) is 0 Å². The van der Waals surface area contributed by atoms with Crippen molar-refractivity contribution in [3.63, 3.8) is 0 Å². The van der Waals surface area contributed by atoms with Gasteiger partial charge in [0.25, 0.3) is 0 Å². The number of hydrogen-bond acceptors (Lipinski definition) is 2. The fraction of sp³-hybridized carbons (Fsp3) is 0. The van der Waals surface area contributed by atoms with Gasteiger partial charge in [-0.25, -0.2) is 4.79 Å². The first kappa shape index (κ1) is 11.9. The molecule has 3 nitrogen and oxygen atoms in total. The maximum atomic E-state index is 10.8. The molecule has 0 amide bonds. The first-order valence-electron chi connectivity index (χ1n) is 5.52. The zero-order chi connectivity index (χ0) is 13.0.